The summed E-state index contributed by atoms with van der Waals surface area (Å²) < 4.78 is 6.42. The van der Waals surface area contributed by atoms with Crippen LogP contribution in [0.25, 0.3) is 0 Å². The van der Waals surface area contributed by atoms with E-state index in [0.29, 0.717) is 0 Å². The molecule has 0 aromatic carbocycles. The molecule has 0 radical (unpaired) electrons. The minimum Gasteiger partial charge on any atom is -0.466 e. The summed E-state index contributed by atoms with van der Waals surface area (Å²) in [6.45, 7) is 2.05. The van der Waals surface area contributed by atoms with Gasteiger partial charge in [0.25, 0.3) is 0 Å². The van der Waals surface area contributed by atoms with Gasteiger partial charge in [-0.1, -0.05) is 0 Å². The van der Waals surface area contributed by atoms with Crippen molar-refractivity contribution in [3.8, 4) is 0 Å². The van der Waals surface area contributed by atoms with E-state index in [-0.39, 0.29) is 6.04 Å². The van der Waals surface area contributed by atoms with E-state index in [9.17, 15) is 0 Å². The van der Waals surface area contributed by atoms with Gasteiger partial charge in [0, 0.05) is 6.20 Å². The van der Waals surface area contributed by atoms with E-state index < -0.39 is 0 Å². The summed E-state index contributed by atoms with van der Waals surface area (Å²) in [5, 5.41) is 3.20. The maximum absolute atomic E-state index is 5.46. The Bertz CT molecular complexity index is 481. The Hall–Kier alpha value is -1.13. The maximum Gasteiger partial charge on any atom is 0.140 e. The summed E-state index contributed by atoms with van der Waals surface area (Å²) in [4.78, 5) is 4.36. The molecule has 0 spiro atoms. The van der Waals surface area contributed by atoms with Crippen LogP contribution in [-0.4, -0.2) is 12.0 Å². The molecule has 2 heterocycles. The van der Waals surface area contributed by atoms with Gasteiger partial charge in [-0.25, -0.2) is 0 Å². The molecule has 0 aliphatic heterocycles. The molecule has 1 unspecified atom stereocenters. The molecular formula is C12H13BrN2O. The average molecular weight is 281 g/mol. The zero-order valence-corrected chi connectivity index (χ0v) is 10.8. The predicted molar refractivity (Wildman–Crippen MR) is 66.3 cm³/mol. The Kier molecular flexibility index (Phi) is 3.41. The summed E-state index contributed by atoms with van der Waals surface area (Å²) in [6.07, 6.45) is 3.48. The SMILES string of the molecule is CNC(c1cc(C)ccn1)c1occc1Br. The predicted octanol–water partition coefficient (Wildman–Crippen LogP) is 3.05. The van der Waals surface area contributed by atoms with E-state index >= 15 is 0 Å². The maximum atomic E-state index is 5.46. The minimum absolute atomic E-state index is 0.0238. The van der Waals surface area contributed by atoms with Crippen molar-refractivity contribution >= 4 is 15.9 Å². The number of pyridine rings is 1. The first-order chi connectivity index (χ1) is 7.72. The average Bonchev–Trinajstić information content (AvgIpc) is 2.67. The molecule has 1 N–H and O–H groups in total. The summed E-state index contributed by atoms with van der Waals surface area (Å²) in [5.41, 5.74) is 2.14. The van der Waals surface area contributed by atoms with Gasteiger partial charge in [0.1, 0.15) is 11.8 Å². The van der Waals surface area contributed by atoms with Crippen LogP contribution in [-0.2, 0) is 0 Å². The second-order valence-electron chi connectivity index (χ2n) is 3.61. The Morgan fingerprint density at radius 1 is 1.44 bits per heavy atom. The van der Waals surface area contributed by atoms with Crippen LogP contribution in [0.15, 0.2) is 39.5 Å². The van der Waals surface area contributed by atoms with E-state index in [2.05, 4.69) is 39.2 Å². The molecule has 0 aliphatic rings. The number of furan rings is 1. The molecular weight excluding hydrogens is 268 g/mol. The molecule has 2 aromatic heterocycles. The van der Waals surface area contributed by atoms with E-state index in [1.54, 1.807) is 6.26 Å². The lowest BCUT2D eigenvalue weighted by molar-refractivity contribution is 0.456. The fraction of sp³-hybridized carbons (Fsp3) is 0.250. The number of hydrogen-bond donors (Lipinski definition) is 1. The second kappa shape index (κ2) is 4.80. The number of rotatable bonds is 3. The Balaban J connectivity index is 2.40. The highest BCUT2D eigenvalue weighted by Crippen LogP contribution is 2.28. The second-order valence-corrected chi connectivity index (χ2v) is 4.47. The molecule has 0 aliphatic carbocycles. The van der Waals surface area contributed by atoms with Crippen molar-refractivity contribution in [1.82, 2.24) is 10.3 Å². The van der Waals surface area contributed by atoms with Crippen LogP contribution in [0, 0.1) is 6.92 Å². The highest BCUT2D eigenvalue weighted by molar-refractivity contribution is 9.10. The highest BCUT2D eigenvalue weighted by Gasteiger charge is 2.19. The van der Waals surface area contributed by atoms with Crippen molar-refractivity contribution < 1.29 is 4.42 Å². The summed E-state index contributed by atoms with van der Waals surface area (Å²) in [7, 11) is 1.89. The molecule has 1 atom stereocenters. The molecule has 16 heavy (non-hydrogen) atoms. The van der Waals surface area contributed by atoms with Crippen LogP contribution in [0.2, 0.25) is 0 Å². The summed E-state index contributed by atoms with van der Waals surface area (Å²) >= 11 is 3.46. The van der Waals surface area contributed by atoms with Crippen molar-refractivity contribution in [2.75, 3.05) is 7.05 Å². The number of halogens is 1. The van der Waals surface area contributed by atoms with Gasteiger partial charge in [0.2, 0.25) is 0 Å². The van der Waals surface area contributed by atoms with Gasteiger partial charge in [-0.15, -0.1) is 0 Å². The van der Waals surface area contributed by atoms with Crippen LogP contribution in [0.5, 0.6) is 0 Å². The van der Waals surface area contributed by atoms with Gasteiger partial charge in [0.15, 0.2) is 0 Å². The molecule has 3 nitrogen and oxygen atoms in total. The van der Waals surface area contributed by atoms with Crippen LogP contribution in [0.4, 0.5) is 0 Å². The van der Waals surface area contributed by atoms with Gasteiger partial charge in [-0.3, -0.25) is 4.98 Å². The van der Waals surface area contributed by atoms with Crippen molar-refractivity contribution in [3.63, 3.8) is 0 Å². The van der Waals surface area contributed by atoms with Crippen molar-refractivity contribution in [2.45, 2.75) is 13.0 Å². The molecule has 4 heteroatoms. The topological polar surface area (TPSA) is 38.1 Å². The lowest BCUT2D eigenvalue weighted by atomic mass is 10.1. The van der Waals surface area contributed by atoms with Crippen LogP contribution in [0.3, 0.4) is 0 Å². The fourth-order valence-corrected chi connectivity index (χ4v) is 2.07. The summed E-state index contributed by atoms with van der Waals surface area (Å²) in [5.74, 6) is 0.848. The van der Waals surface area contributed by atoms with Gasteiger partial charge >= 0.3 is 0 Å². The number of aryl methyl sites for hydroxylation is 1. The van der Waals surface area contributed by atoms with Gasteiger partial charge in [-0.2, -0.15) is 0 Å². The van der Waals surface area contributed by atoms with Gasteiger partial charge in [0.05, 0.1) is 16.4 Å². The molecule has 0 amide bonds. The monoisotopic (exact) mass is 280 g/mol. The first-order valence-electron chi connectivity index (χ1n) is 5.05. The van der Waals surface area contributed by atoms with Gasteiger partial charge < -0.3 is 9.73 Å². The van der Waals surface area contributed by atoms with Crippen LogP contribution in [0.1, 0.15) is 23.1 Å². The zero-order chi connectivity index (χ0) is 11.5. The summed E-state index contributed by atoms with van der Waals surface area (Å²) in [6, 6.07) is 5.89. The van der Waals surface area contributed by atoms with Crippen molar-refractivity contribution in [1.29, 1.82) is 0 Å². The molecule has 0 fully saturated rings. The minimum atomic E-state index is -0.0238. The van der Waals surface area contributed by atoms with E-state index in [1.165, 1.54) is 5.56 Å². The van der Waals surface area contributed by atoms with Gasteiger partial charge in [-0.05, 0) is 53.7 Å². The molecule has 0 saturated heterocycles. The lowest BCUT2D eigenvalue weighted by Crippen LogP contribution is -2.18. The Morgan fingerprint density at radius 2 is 2.25 bits per heavy atom. The van der Waals surface area contributed by atoms with Crippen molar-refractivity contribution in [3.05, 3.63) is 52.1 Å². The number of aromatic nitrogens is 1. The molecule has 2 aromatic rings. The molecule has 0 bridgehead atoms. The molecule has 0 saturated carbocycles. The third-order valence-corrected chi connectivity index (χ3v) is 3.08. The smallest absolute Gasteiger partial charge is 0.140 e. The van der Waals surface area contributed by atoms with Crippen LogP contribution >= 0.6 is 15.9 Å². The fourth-order valence-electron chi connectivity index (χ4n) is 1.64. The third kappa shape index (κ3) is 2.18. The Morgan fingerprint density at radius 3 is 2.81 bits per heavy atom. The van der Waals surface area contributed by atoms with Crippen molar-refractivity contribution in [2.24, 2.45) is 0 Å². The number of nitrogens with one attached hydrogen (secondary N) is 1. The standard InChI is InChI=1S/C12H13BrN2O/c1-8-3-5-15-10(7-8)11(14-2)12-9(13)4-6-16-12/h3-7,11,14H,1-2H3. The van der Waals surface area contributed by atoms with E-state index in [1.807, 2.05) is 25.4 Å². The first-order valence-corrected chi connectivity index (χ1v) is 5.84. The number of hydrogen-bond acceptors (Lipinski definition) is 3. The van der Waals surface area contributed by atoms with E-state index in [4.69, 9.17) is 4.42 Å². The normalized spacial score (nSPS) is 12.7. The Labute approximate surface area is 103 Å². The number of nitrogens with zero attached hydrogens (tertiary/aromatic N) is 1. The first kappa shape index (κ1) is 11.4. The molecule has 2 rings (SSSR count). The zero-order valence-electron chi connectivity index (χ0n) is 9.20. The van der Waals surface area contributed by atoms with Crippen LogP contribution < -0.4 is 5.32 Å². The quantitative estimate of drug-likeness (QED) is 0.939. The third-order valence-electron chi connectivity index (χ3n) is 2.43. The largest absolute Gasteiger partial charge is 0.466 e. The molecule has 84 valence electrons. The lowest BCUT2D eigenvalue weighted by Gasteiger charge is -2.14. The van der Waals surface area contributed by atoms with E-state index in [0.717, 1.165) is 15.9 Å². The highest BCUT2D eigenvalue weighted by atomic mass is 79.9.